The van der Waals surface area contributed by atoms with Gasteiger partial charge in [-0.3, -0.25) is 0 Å². The zero-order valence-corrected chi connectivity index (χ0v) is 15.9. The van der Waals surface area contributed by atoms with Crippen molar-refractivity contribution in [2.24, 2.45) is 10.2 Å². The molecule has 0 spiro atoms. The summed E-state index contributed by atoms with van der Waals surface area (Å²) in [5, 5.41) is 8.15. The van der Waals surface area contributed by atoms with Gasteiger partial charge < -0.3 is 28.3 Å². The summed E-state index contributed by atoms with van der Waals surface area (Å²) < 4.78 is 27.3. The molecule has 0 bridgehead atoms. The molecule has 0 unspecified atom stereocenters. The van der Waals surface area contributed by atoms with Gasteiger partial charge in [-0.25, -0.2) is 4.98 Å². The molecule has 28 heavy (non-hydrogen) atoms. The average molecular weight is 391 g/mol. The van der Waals surface area contributed by atoms with Crippen LogP contribution in [0.4, 0.5) is 17.4 Å². The molecule has 2 heterocycles. The van der Waals surface area contributed by atoms with E-state index in [2.05, 4.69) is 20.1 Å². The lowest BCUT2D eigenvalue weighted by molar-refractivity contribution is -0.367. The molecule has 0 atom stereocenters. The molecule has 3 rings (SSSR count). The lowest BCUT2D eigenvalue weighted by atomic mass is 10.2. The first-order valence-electron chi connectivity index (χ1n) is 9.45. The summed E-state index contributed by atoms with van der Waals surface area (Å²) in [6.07, 6.45) is 3.17. The van der Waals surface area contributed by atoms with Gasteiger partial charge in [0.25, 0.3) is 0 Å². The molecule has 152 valence electrons. The first-order valence-corrected chi connectivity index (χ1v) is 9.45. The number of azo groups is 1. The Hall–Kier alpha value is -2.33. The van der Waals surface area contributed by atoms with Gasteiger partial charge in [0.1, 0.15) is 23.3 Å². The Morgan fingerprint density at radius 2 is 1.29 bits per heavy atom. The number of nitrogens with zero attached hydrogens (tertiary/aromatic N) is 3. The molecule has 1 aliphatic heterocycles. The number of hydrogen-bond donors (Lipinski definition) is 0. The Labute approximate surface area is 164 Å². The van der Waals surface area contributed by atoms with Crippen molar-refractivity contribution in [2.75, 3.05) is 70.8 Å². The fourth-order valence-corrected chi connectivity index (χ4v) is 2.60. The molecule has 0 aliphatic carbocycles. The van der Waals surface area contributed by atoms with Gasteiger partial charge in [0.05, 0.1) is 52.9 Å². The highest BCUT2D eigenvalue weighted by Gasteiger charge is 2.09. The molecule has 9 heteroatoms. The van der Waals surface area contributed by atoms with E-state index >= 15 is 0 Å². The molecule has 1 aliphatic rings. The van der Waals surface area contributed by atoms with Gasteiger partial charge in [-0.2, -0.15) is 0 Å². The van der Waals surface area contributed by atoms with Crippen molar-refractivity contribution < 1.29 is 28.3 Å². The number of oxazole rings is 1. The van der Waals surface area contributed by atoms with Crippen LogP contribution in [0.15, 0.2) is 51.4 Å². The SMILES string of the molecule is c1coc(N=Nc2ccc(N3CCOCCOCCOCCOCC3)cc2)[nH+]1. The Morgan fingerprint density at radius 1 is 0.714 bits per heavy atom. The minimum Gasteiger partial charge on any atom is -0.392 e. The highest BCUT2D eigenvalue weighted by Crippen LogP contribution is 2.21. The van der Waals surface area contributed by atoms with Gasteiger partial charge in [-0.05, 0) is 29.4 Å². The summed E-state index contributed by atoms with van der Waals surface area (Å²) in [4.78, 5) is 5.06. The third-order valence-electron chi connectivity index (χ3n) is 4.05. The maximum absolute atomic E-state index is 5.67. The first-order chi connectivity index (χ1) is 13.9. The first kappa shape index (κ1) is 20.4. The maximum Gasteiger partial charge on any atom is 0.525 e. The third kappa shape index (κ3) is 7.35. The Kier molecular flexibility index (Phi) is 8.89. The minimum atomic E-state index is 0.358. The van der Waals surface area contributed by atoms with Gasteiger partial charge >= 0.3 is 6.01 Å². The predicted octanol–water partition coefficient (Wildman–Crippen LogP) is 2.40. The number of hydrogen-bond acceptors (Lipinski definition) is 8. The summed E-state index contributed by atoms with van der Waals surface area (Å²) in [5.41, 5.74) is 1.82. The molecule has 2 aromatic rings. The summed E-state index contributed by atoms with van der Waals surface area (Å²) in [5.74, 6) is 0. The predicted molar refractivity (Wildman–Crippen MR) is 101 cm³/mol. The maximum atomic E-state index is 5.67. The molecular weight excluding hydrogens is 364 g/mol. The van der Waals surface area contributed by atoms with E-state index in [1.165, 1.54) is 6.26 Å². The van der Waals surface area contributed by atoms with Crippen molar-refractivity contribution in [1.29, 1.82) is 0 Å². The molecule has 0 radical (unpaired) electrons. The molecule has 0 saturated carbocycles. The number of rotatable bonds is 3. The second kappa shape index (κ2) is 12.2. The quantitative estimate of drug-likeness (QED) is 0.746. The summed E-state index contributed by atoms with van der Waals surface area (Å²) >= 11 is 0. The Bertz CT molecular complexity index is 662. The number of H-pyrrole nitrogens is 1. The van der Waals surface area contributed by atoms with Crippen molar-refractivity contribution >= 4 is 17.4 Å². The van der Waals surface area contributed by atoms with Gasteiger partial charge in [0.2, 0.25) is 0 Å². The van der Waals surface area contributed by atoms with Crippen LogP contribution in [-0.4, -0.2) is 65.9 Å². The number of nitrogens with one attached hydrogen (secondary N) is 1. The fraction of sp³-hybridized carbons (Fsp3) is 0.526. The molecule has 1 N–H and O–H groups in total. The lowest BCUT2D eigenvalue weighted by Crippen LogP contribution is -2.31. The van der Waals surface area contributed by atoms with Crippen LogP contribution in [0.25, 0.3) is 0 Å². The van der Waals surface area contributed by atoms with Crippen molar-refractivity contribution in [2.45, 2.75) is 0 Å². The topological polar surface area (TPSA) is 92.2 Å². The number of ether oxygens (including phenoxy) is 4. The van der Waals surface area contributed by atoms with Gasteiger partial charge in [0, 0.05) is 18.8 Å². The number of anilines is 1. The van der Waals surface area contributed by atoms with E-state index < -0.39 is 0 Å². The molecule has 1 aromatic carbocycles. The van der Waals surface area contributed by atoms with E-state index in [0.29, 0.717) is 58.9 Å². The van der Waals surface area contributed by atoms with Gasteiger partial charge in [0.15, 0.2) is 0 Å². The number of aromatic nitrogens is 1. The molecule has 9 nitrogen and oxygen atoms in total. The summed E-state index contributed by atoms with van der Waals surface area (Å²) in [6.45, 7) is 6.24. The molecule has 0 amide bonds. The minimum absolute atomic E-state index is 0.358. The van der Waals surface area contributed by atoms with Crippen molar-refractivity contribution in [3.05, 3.63) is 36.7 Å². The second-order valence-corrected chi connectivity index (χ2v) is 6.02. The Morgan fingerprint density at radius 3 is 1.82 bits per heavy atom. The summed E-state index contributed by atoms with van der Waals surface area (Å²) in [6, 6.07) is 8.22. The van der Waals surface area contributed by atoms with Crippen LogP contribution in [0.2, 0.25) is 0 Å². The van der Waals surface area contributed by atoms with E-state index in [9.17, 15) is 0 Å². The highest BCUT2D eigenvalue weighted by atomic mass is 16.6. The van der Waals surface area contributed by atoms with Crippen LogP contribution in [-0.2, 0) is 18.9 Å². The van der Waals surface area contributed by atoms with Crippen LogP contribution in [0.1, 0.15) is 0 Å². The van der Waals surface area contributed by atoms with E-state index in [0.717, 1.165) is 24.5 Å². The monoisotopic (exact) mass is 391 g/mol. The van der Waals surface area contributed by atoms with Gasteiger partial charge in [-0.15, -0.1) is 0 Å². The fourth-order valence-electron chi connectivity index (χ4n) is 2.60. The normalized spacial score (nSPS) is 18.6. The third-order valence-corrected chi connectivity index (χ3v) is 4.05. The molecule has 1 saturated heterocycles. The van der Waals surface area contributed by atoms with Crippen LogP contribution in [0.3, 0.4) is 0 Å². The zero-order valence-electron chi connectivity index (χ0n) is 15.9. The van der Waals surface area contributed by atoms with Crippen molar-refractivity contribution in [1.82, 2.24) is 0 Å². The van der Waals surface area contributed by atoms with Crippen LogP contribution in [0, 0.1) is 0 Å². The Balaban J connectivity index is 1.55. The second-order valence-electron chi connectivity index (χ2n) is 6.02. The average Bonchev–Trinajstić information content (AvgIpc) is 3.24. The zero-order chi connectivity index (χ0) is 19.3. The van der Waals surface area contributed by atoms with E-state index in [4.69, 9.17) is 23.4 Å². The van der Waals surface area contributed by atoms with E-state index in [1.807, 2.05) is 24.3 Å². The smallest absolute Gasteiger partial charge is 0.392 e. The highest BCUT2D eigenvalue weighted by molar-refractivity contribution is 5.52. The van der Waals surface area contributed by atoms with Crippen LogP contribution < -0.4 is 9.88 Å². The summed E-state index contributed by atoms with van der Waals surface area (Å²) in [7, 11) is 0. The van der Waals surface area contributed by atoms with Crippen molar-refractivity contribution in [3.63, 3.8) is 0 Å². The number of benzene rings is 1. The number of aromatic amines is 1. The molecular formula is C19H27N4O5+. The van der Waals surface area contributed by atoms with Crippen LogP contribution >= 0.6 is 0 Å². The molecule has 1 fully saturated rings. The largest absolute Gasteiger partial charge is 0.525 e. The lowest BCUT2D eigenvalue weighted by Gasteiger charge is -2.24. The van der Waals surface area contributed by atoms with E-state index in [-0.39, 0.29) is 0 Å². The van der Waals surface area contributed by atoms with E-state index in [1.54, 1.807) is 6.20 Å². The van der Waals surface area contributed by atoms with Crippen molar-refractivity contribution in [3.8, 4) is 0 Å². The molecule has 1 aromatic heterocycles. The standard InChI is InChI=1S/C19H26N4O5/c1-3-18(4-2-17(1)21-22-19-20-5-8-28-19)23-6-9-24-11-13-26-15-16-27-14-12-25-10-7-23/h1-5,8H,6-7,9-16H2/p+1. The van der Waals surface area contributed by atoms with Gasteiger partial charge in [-0.1, -0.05) is 0 Å². The van der Waals surface area contributed by atoms with Crippen LogP contribution in [0.5, 0.6) is 0 Å².